The fourth-order valence-electron chi connectivity index (χ4n) is 2.62. The highest BCUT2D eigenvalue weighted by molar-refractivity contribution is 5.89. The van der Waals surface area contributed by atoms with E-state index in [4.69, 9.17) is 9.47 Å². The molecule has 2 aromatic rings. The lowest BCUT2D eigenvalue weighted by Crippen LogP contribution is -2.35. The molecule has 1 unspecified atom stereocenters. The molecule has 0 bridgehead atoms. The van der Waals surface area contributed by atoms with Gasteiger partial charge in [-0.2, -0.15) is 0 Å². The zero-order chi connectivity index (χ0) is 19.8. The van der Waals surface area contributed by atoms with Crippen LogP contribution in [-0.4, -0.2) is 32.7 Å². The monoisotopic (exact) mass is 371 g/mol. The Bertz CT molecular complexity index is 753. The van der Waals surface area contributed by atoms with E-state index in [1.165, 1.54) is 7.11 Å². The van der Waals surface area contributed by atoms with E-state index in [1.807, 2.05) is 38.1 Å². The summed E-state index contributed by atoms with van der Waals surface area (Å²) in [5.74, 6) is 0.844. The van der Waals surface area contributed by atoms with Gasteiger partial charge in [-0.1, -0.05) is 26.0 Å². The Morgan fingerprint density at radius 1 is 0.926 bits per heavy atom. The molecule has 144 valence electrons. The first-order valence-corrected chi connectivity index (χ1v) is 8.69. The fraction of sp³-hybridized carbons (Fsp3) is 0.333. The first-order valence-electron chi connectivity index (χ1n) is 8.69. The summed E-state index contributed by atoms with van der Waals surface area (Å²) in [7, 11) is 2.94. The summed E-state index contributed by atoms with van der Waals surface area (Å²) in [5, 5.41) is 3.00. The average molecular weight is 371 g/mol. The van der Waals surface area contributed by atoms with Gasteiger partial charge in [-0.05, 0) is 47.9 Å². The van der Waals surface area contributed by atoms with Crippen LogP contribution in [0.3, 0.4) is 0 Å². The van der Waals surface area contributed by atoms with Gasteiger partial charge < -0.3 is 19.5 Å². The van der Waals surface area contributed by atoms with Gasteiger partial charge in [-0.25, -0.2) is 4.79 Å². The van der Waals surface area contributed by atoms with Crippen LogP contribution in [0.5, 0.6) is 11.5 Å². The molecule has 6 heteroatoms. The molecule has 1 atom stereocenters. The van der Waals surface area contributed by atoms with Crippen LogP contribution in [0.2, 0.25) is 0 Å². The predicted molar refractivity (Wildman–Crippen MR) is 102 cm³/mol. The summed E-state index contributed by atoms with van der Waals surface area (Å²) in [6.07, 6.45) is 0. The van der Waals surface area contributed by atoms with Gasteiger partial charge in [0.15, 0.2) is 6.61 Å². The van der Waals surface area contributed by atoms with E-state index >= 15 is 0 Å². The van der Waals surface area contributed by atoms with E-state index in [1.54, 1.807) is 31.4 Å². The van der Waals surface area contributed by atoms with Crippen molar-refractivity contribution in [3.05, 3.63) is 59.7 Å². The molecule has 0 saturated carbocycles. The number of hydrogen-bond acceptors (Lipinski definition) is 5. The van der Waals surface area contributed by atoms with Crippen LogP contribution >= 0.6 is 0 Å². The number of benzene rings is 2. The normalized spacial score (nSPS) is 11.6. The third-order valence-corrected chi connectivity index (χ3v) is 4.10. The van der Waals surface area contributed by atoms with E-state index in [9.17, 15) is 9.59 Å². The van der Waals surface area contributed by atoms with Gasteiger partial charge in [0.25, 0.3) is 5.91 Å². The molecule has 0 spiro atoms. The SMILES string of the molecule is COC(=O)c1ccc(OCC(=O)NC(c2ccc(OC)cc2)C(C)C)cc1. The lowest BCUT2D eigenvalue weighted by molar-refractivity contribution is -0.124. The highest BCUT2D eigenvalue weighted by atomic mass is 16.5. The van der Waals surface area contributed by atoms with Gasteiger partial charge in [0.05, 0.1) is 25.8 Å². The van der Waals surface area contributed by atoms with Crippen molar-refractivity contribution >= 4 is 11.9 Å². The second kappa shape index (κ2) is 9.62. The van der Waals surface area contributed by atoms with E-state index in [0.717, 1.165) is 11.3 Å². The molecule has 27 heavy (non-hydrogen) atoms. The third-order valence-electron chi connectivity index (χ3n) is 4.10. The van der Waals surface area contributed by atoms with Gasteiger partial charge in [0.2, 0.25) is 0 Å². The Morgan fingerprint density at radius 3 is 2.04 bits per heavy atom. The summed E-state index contributed by atoms with van der Waals surface area (Å²) in [6, 6.07) is 13.9. The molecule has 0 aliphatic heterocycles. The quantitative estimate of drug-likeness (QED) is 0.720. The zero-order valence-electron chi connectivity index (χ0n) is 16.0. The van der Waals surface area contributed by atoms with Crippen molar-refractivity contribution in [2.24, 2.45) is 5.92 Å². The van der Waals surface area contributed by atoms with Crippen molar-refractivity contribution < 1.29 is 23.8 Å². The Morgan fingerprint density at radius 2 is 1.52 bits per heavy atom. The number of carbonyl (C=O) groups is 2. The zero-order valence-corrected chi connectivity index (χ0v) is 16.0. The topological polar surface area (TPSA) is 73.9 Å². The number of esters is 1. The highest BCUT2D eigenvalue weighted by Crippen LogP contribution is 2.24. The molecule has 0 aliphatic carbocycles. The molecule has 6 nitrogen and oxygen atoms in total. The molecular formula is C21H25NO5. The third kappa shape index (κ3) is 5.74. The van der Waals surface area contributed by atoms with Crippen molar-refractivity contribution in [2.45, 2.75) is 19.9 Å². The van der Waals surface area contributed by atoms with Crippen molar-refractivity contribution in [2.75, 3.05) is 20.8 Å². The van der Waals surface area contributed by atoms with Crippen molar-refractivity contribution in [1.82, 2.24) is 5.32 Å². The number of methoxy groups -OCH3 is 2. The molecule has 1 N–H and O–H groups in total. The molecule has 1 amide bonds. The van der Waals surface area contributed by atoms with Gasteiger partial charge >= 0.3 is 5.97 Å². The molecule has 2 aromatic carbocycles. The smallest absolute Gasteiger partial charge is 0.337 e. The molecule has 0 radical (unpaired) electrons. The summed E-state index contributed by atoms with van der Waals surface area (Å²) in [4.78, 5) is 23.7. The Balaban J connectivity index is 1.94. The van der Waals surface area contributed by atoms with E-state index < -0.39 is 5.97 Å². The number of hydrogen-bond donors (Lipinski definition) is 1. The summed E-state index contributed by atoms with van der Waals surface area (Å²) >= 11 is 0. The summed E-state index contributed by atoms with van der Waals surface area (Å²) in [6.45, 7) is 3.97. The standard InChI is InChI=1S/C21H25NO5/c1-14(2)20(15-5-9-17(25-3)10-6-15)22-19(23)13-27-18-11-7-16(8-12-18)21(24)26-4/h5-12,14,20H,13H2,1-4H3,(H,22,23). The largest absolute Gasteiger partial charge is 0.497 e. The predicted octanol–water partition coefficient (Wildman–Crippen LogP) is 3.37. The number of carbonyl (C=O) groups excluding carboxylic acids is 2. The van der Waals surface area contributed by atoms with Crippen LogP contribution in [-0.2, 0) is 9.53 Å². The van der Waals surface area contributed by atoms with Crippen LogP contribution in [0.25, 0.3) is 0 Å². The van der Waals surface area contributed by atoms with E-state index in [-0.39, 0.29) is 24.5 Å². The maximum atomic E-state index is 12.3. The Hall–Kier alpha value is -3.02. The molecule has 0 aromatic heterocycles. The number of rotatable bonds is 8. The van der Waals surface area contributed by atoms with Crippen molar-refractivity contribution in [3.8, 4) is 11.5 Å². The molecule has 0 saturated heterocycles. The second-order valence-corrected chi connectivity index (χ2v) is 6.37. The van der Waals surface area contributed by atoms with Gasteiger partial charge in [-0.3, -0.25) is 4.79 Å². The fourth-order valence-corrected chi connectivity index (χ4v) is 2.62. The first-order chi connectivity index (χ1) is 12.9. The molecule has 0 fully saturated rings. The summed E-state index contributed by atoms with van der Waals surface area (Å²) < 4.78 is 15.3. The Kier molecular flexibility index (Phi) is 7.23. The van der Waals surface area contributed by atoms with Gasteiger partial charge in [0.1, 0.15) is 11.5 Å². The van der Waals surface area contributed by atoms with E-state index in [0.29, 0.717) is 11.3 Å². The number of amides is 1. The van der Waals surface area contributed by atoms with Crippen LogP contribution in [0, 0.1) is 5.92 Å². The summed E-state index contributed by atoms with van der Waals surface area (Å²) in [5.41, 5.74) is 1.43. The molecule has 0 heterocycles. The van der Waals surface area contributed by atoms with Crippen molar-refractivity contribution in [3.63, 3.8) is 0 Å². The first kappa shape index (κ1) is 20.3. The second-order valence-electron chi connectivity index (χ2n) is 6.37. The van der Waals surface area contributed by atoms with Crippen LogP contribution < -0.4 is 14.8 Å². The maximum Gasteiger partial charge on any atom is 0.337 e. The van der Waals surface area contributed by atoms with Crippen molar-refractivity contribution in [1.29, 1.82) is 0 Å². The average Bonchev–Trinajstić information content (AvgIpc) is 2.70. The molecule has 0 aliphatic rings. The molecular weight excluding hydrogens is 346 g/mol. The Labute approximate surface area is 159 Å². The minimum absolute atomic E-state index is 0.114. The van der Waals surface area contributed by atoms with Crippen LogP contribution in [0.4, 0.5) is 0 Å². The maximum absolute atomic E-state index is 12.3. The minimum Gasteiger partial charge on any atom is -0.497 e. The molecule has 2 rings (SSSR count). The van der Waals surface area contributed by atoms with Gasteiger partial charge in [0, 0.05) is 0 Å². The minimum atomic E-state index is -0.418. The highest BCUT2D eigenvalue weighted by Gasteiger charge is 2.18. The lowest BCUT2D eigenvalue weighted by Gasteiger charge is -2.23. The number of nitrogens with one attached hydrogen (secondary N) is 1. The van der Waals surface area contributed by atoms with Crippen LogP contribution in [0.15, 0.2) is 48.5 Å². The van der Waals surface area contributed by atoms with Gasteiger partial charge in [-0.15, -0.1) is 0 Å². The lowest BCUT2D eigenvalue weighted by atomic mass is 9.96. The number of ether oxygens (including phenoxy) is 3. The van der Waals surface area contributed by atoms with E-state index in [2.05, 4.69) is 10.1 Å². The van der Waals surface area contributed by atoms with Crippen LogP contribution in [0.1, 0.15) is 35.8 Å².